The molecule has 1 saturated heterocycles. The molecule has 3 rings (SSSR count). The molecule has 0 bridgehead atoms. The highest BCUT2D eigenvalue weighted by Gasteiger charge is 2.56. The fraction of sp³-hybridized carbons (Fsp3) is 0.625. The van der Waals surface area contributed by atoms with Crippen molar-refractivity contribution in [1.29, 1.82) is 0 Å². The minimum atomic E-state index is -0.771. The lowest BCUT2D eigenvalue weighted by Gasteiger charge is -2.54. The average molecular weight is 276 g/mol. The zero-order valence-electron chi connectivity index (χ0n) is 12.1. The highest BCUT2D eigenvalue weighted by molar-refractivity contribution is 5.44. The van der Waals surface area contributed by atoms with Crippen LogP contribution in [0.3, 0.4) is 0 Å². The Labute approximate surface area is 120 Å². The van der Waals surface area contributed by atoms with Crippen molar-refractivity contribution >= 4 is 0 Å². The maximum atomic E-state index is 11.5. The second-order valence-corrected chi connectivity index (χ2v) is 6.16. The number of benzene rings is 1. The zero-order chi connectivity index (χ0) is 14.2. The first-order valence-corrected chi connectivity index (χ1v) is 7.49. The lowest BCUT2D eigenvalue weighted by molar-refractivity contribution is -0.108. The van der Waals surface area contributed by atoms with E-state index in [9.17, 15) is 5.11 Å². The van der Waals surface area contributed by atoms with Gasteiger partial charge in [0.05, 0.1) is 12.2 Å². The molecule has 0 aromatic heterocycles. The number of nitrogens with two attached hydrogens (primary N) is 1. The molecule has 0 spiro atoms. The van der Waals surface area contributed by atoms with E-state index >= 15 is 0 Å². The monoisotopic (exact) mass is 276 g/mol. The van der Waals surface area contributed by atoms with Gasteiger partial charge in [-0.2, -0.15) is 0 Å². The Balaban J connectivity index is 2.13. The number of hydrogen-bond donors (Lipinski definition) is 3. The van der Waals surface area contributed by atoms with Crippen LogP contribution in [0.1, 0.15) is 25.3 Å². The van der Waals surface area contributed by atoms with E-state index in [0.29, 0.717) is 13.2 Å². The van der Waals surface area contributed by atoms with Crippen molar-refractivity contribution in [3.05, 3.63) is 29.8 Å². The number of nitrogens with one attached hydrogen (secondary N) is 1. The third-order valence-electron chi connectivity index (χ3n) is 5.31. The summed E-state index contributed by atoms with van der Waals surface area (Å²) in [4.78, 5) is 0. The Hall–Kier alpha value is -1.10. The van der Waals surface area contributed by atoms with Gasteiger partial charge in [0, 0.05) is 24.1 Å². The van der Waals surface area contributed by atoms with Gasteiger partial charge < -0.3 is 20.9 Å². The maximum Gasteiger partial charge on any atom is 0.123 e. The van der Waals surface area contributed by atoms with Gasteiger partial charge in [-0.15, -0.1) is 0 Å². The number of ether oxygens (including phenoxy) is 1. The standard InChI is InChI=1S/C16H24N2O2/c1-12-10-18-8-6-16(12,19)15(11-17)7-9-20-14-5-3-2-4-13(14)15/h2-5,12,18-19H,6-11,17H2,1H3. The van der Waals surface area contributed by atoms with Crippen LogP contribution in [0.5, 0.6) is 5.75 Å². The zero-order valence-corrected chi connectivity index (χ0v) is 12.1. The van der Waals surface area contributed by atoms with Crippen molar-refractivity contribution in [2.45, 2.75) is 30.8 Å². The van der Waals surface area contributed by atoms with Gasteiger partial charge in [-0.25, -0.2) is 0 Å². The summed E-state index contributed by atoms with van der Waals surface area (Å²) in [5, 5.41) is 14.8. The van der Waals surface area contributed by atoms with Crippen LogP contribution >= 0.6 is 0 Å². The predicted molar refractivity (Wildman–Crippen MR) is 78.9 cm³/mol. The van der Waals surface area contributed by atoms with Gasteiger partial charge in [-0.05, 0) is 31.4 Å². The predicted octanol–water partition coefficient (Wildman–Crippen LogP) is 1.03. The normalized spacial score (nSPS) is 37.0. The first-order chi connectivity index (χ1) is 9.64. The fourth-order valence-corrected chi connectivity index (χ4v) is 4.02. The SMILES string of the molecule is CC1CNCCC1(O)C1(CN)CCOc2ccccc21. The molecule has 20 heavy (non-hydrogen) atoms. The average Bonchev–Trinajstić information content (AvgIpc) is 2.49. The number of fused-ring (bicyclic) bond motifs is 1. The Morgan fingerprint density at radius 3 is 2.95 bits per heavy atom. The third-order valence-corrected chi connectivity index (χ3v) is 5.31. The lowest BCUT2D eigenvalue weighted by Crippen LogP contribution is -2.65. The van der Waals surface area contributed by atoms with Crippen LogP contribution in [0, 0.1) is 5.92 Å². The second kappa shape index (κ2) is 5.02. The number of piperidine rings is 1. The Morgan fingerprint density at radius 2 is 2.20 bits per heavy atom. The van der Waals surface area contributed by atoms with E-state index in [2.05, 4.69) is 18.3 Å². The molecule has 2 aliphatic rings. The highest BCUT2D eigenvalue weighted by atomic mass is 16.5. The van der Waals surface area contributed by atoms with Gasteiger partial charge in [0.2, 0.25) is 0 Å². The van der Waals surface area contributed by atoms with Crippen LogP contribution in [-0.2, 0) is 5.41 Å². The molecular weight excluding hydrogens is 252 g/mol. The van der Waals surface area contributed by atoms with Gasteiger partial charge in [-0.3, -0.25) is 0 Å². The number of hydrogen-bond acceptors (Lipinski definition) is 4. The summed E-state index contributed by atoms with van der Waals surface area (Å²) in [6.45, 7) is 4.86. The fourth-order valence-electron chi connectivity index (χ4n) is 4.02. The van der Waals surface area contributed by atoms with Crippen LogP contribution < -0.4 is 15.8 Å². The molecule has 0 radical (unpaired) electrons. The third kappa shape index (κ3) is 1.79. The minimum Gasteiger partial charge on any atom is -0.493 e. The summed E-state index contributed by atoms with van der Waals surface area (Å²) in [5.74, 6) is 1.05. The first kappa shape index (κ1) is 13.9. The molecule has 0 amide bonds. The highest BCUT2D eigenvalue weighted by Crippen LogP contribution is 2.50. The van der Waals surface area contributed by atoms with Crippen LogP contribution in [0.25, 0.3) is 0 Å². The Bertz CT molecular complexity index is 493. The summed E-state index contributed by atoms with van der Waals surface area (Å²) < 4.78 is 5.77. The van der Waals surface area contributed by atoms with Crippen molar-refractivity contribution < 1.29 is 9.84 Å². The topological polar surface area (TPSA) is 67.5 Å². The van der Waals surface area contributed by atoms with Crippen LogP contribution in [0.2, 0.25) is 0 Å². The molecule has 1 fully saturated rings. The van der Waals surface area contributed by atoms with E-state index in [4.69, 9.17) is 10.5 Å². The largest absolute Gasteiger partial charge is 0.493 e. The summed E-state index contributed by atoms with van der Waals surface area (Å²) in [6.07, 6.45) is 1.51. The number of rotatable bonds is 2. The maximum absolute atomic E-state index is 11.5. The Morgan fingerprint density at radius 1 is 1.40 bits per heavy atom. The molecule has 3 unspecified atom stereocenters. The summed E-state index contributed by atoms with van der Waals surface area (Å²) >= 11 is 0. The van der Waals surface area contributed by atoms with Gasteiger partial charge >= 0.3 is 0 Å². The molecule has 4 nitrogen and oxygen atoms in total. The van der Waals surface area contributed by atoms with Gasteiger partial charge in [0.15, 0.2) is 0 Å². The van der Waals surface area contributed by atoms with Gasteiger partial charge in [-0.1, -0.05) is 25.1 Å². The molecule has 4 heteroatoms. The number of para-hydroxylation sites is 1. The smallest absolute Gasteiger partial charge is 0.123 e. The second-order valence-electron chi connectivity index (χ2n) is 6.16. The van der Waals surface area contributed by atoms with Gasteiger partial charge in [0.1, 0.15) is 5.75 Å². The first-order valence-electron chi connectivity index (χ1n) is 7.49. The molecule has 1 aromatic rings. The molecule has 0 aliphatic carbocycles. The van der Waals surface area contributed by atoms with Crippen molar-refractivity contribution in [2.24, 2.45) is 11.7 Å². The van der Waals surface area contributed by atoms with E-state index in [1.165, 1.54) is 0 Å². The summed E-state index contributed by atoms with van der Waals surface area (Å²) in [5.41, 5.74) is 6.10. The van der Waals surface area contributed by atoms with E-state index in [1.807, 2.05) is 18.2 Å². The molecule has 110 valence electrons. The molecule has 3 atom stereocenters. The molecule has 2 heterocycles. The molecule has 4 N–H and O–H groups in total. The quantitative estimate of drug-likeness (QED) is 0.754. The lowest BCUT2D eigenvalue weighted by atomic mass is 9.58. The van der Waals surface area contributed by atoms with Crippen LogP contribution in [-0.4, -0.2) is 36.9 Å². The van der Waals surface area contributed by atoms with Crippen molar-refractivity contribution in [3.8, 4) is 5.75 Å². The molecule has 2 aliphatic heterocycles. The molecular formula is C16H24N2O2. The minimum absolute atomic E-state index is 0.172. The number of aliphatic hydroxyl groups is 1. The van der Waals surface area contributed by atoms with E-state index in [1.54, 1.807) is 0 Å². The van der Waals surface area contributed by atoms with Crippen molar-refractivity contribution in [2.75, 3.05) is 26.2 Å². The van der Waals surface area contributed by atoms with E-state index < -0.39 is 11.0 Å². The molecule has 1 aromatic carbocycles. The van der Waals surface area contributed by atoms with Crippen molar-refractivity contribution in [3.63, 3.8) is 0 Å². The Kier molecular flexibility index (Phi) is 3.48. The van der Waals surface area contributed by atoms with E-state index in [0.717, 1.165) is 37.2 Å². The summed E-state index contributed by atoms with van der Waals surface area (Å²) in [7, 11) is 0. The van der Waals surface area contributed by atoms with Crippen LogP contribution in [0.4, 0.5) is 0 Å². The van der Waals surface area contributed by atoms with E-state index in [-0.39, 0.29) is 5.92 Å². The van der Waals surface area contributed by atoms with Crippen LogP contribution in [0.15, 0.2) is 24.3 Å². The summed E-state index contributed by atoms with van der Waals surface area (Å²) in [6, 6.07) is 8.02. The van der Waals surface area contributed by atoms with Gasteiger partial charge in [0.25, 0.3) is 0 Å². The van der Waals surface area contributed by atoms with Crippen molar-refractivity contribution in [1.82, 2.24) is 5.32 Å². The molecule has 0 saturated carbocycles.